The van der Waals surface area contributed by atoms with Crippen molar-refractivity contribution in [3.05, 3.63) is 0 Å². The van der Waals surface area contributed by atoms with Crippen LogP contribution in [0.1, 0.15) is 54.9 Å². The van der Waals surface area contributed by atoms with E-state index in [1.165, 1.54) is 0 Å². The predicted molar refractivity (Wildman–Crippen MR) is 92.3 cm³/mol. The molecule has 7 heteroatoms. The van der Waals surface area contributed by atoms with Crippen LogP contribution in [0.25, 0.3) is 0 Å². The summed E-state index contributed by atoms with van der Waals surface area (Å²) in [6.07, 6.45) is 0.360. The molecule has 1 fully saturated rings. The van der Waals surface area contributed by atoms with Crippen LogP contribution >= 0.6 is 0 Å². The molecule has 6 nitrogen and oxygen atoms in total. The van der Waals surface area contributed by atoms with Gasteiger partial charge in [-0.1, -0.05) is 20.8 Å². The van der Waals surface area contributed by atoms with E-state index in [2.05, 4.69) is 24.5 Å². The zero-order valence-electron chi connectivity index (χ0n) is 15.4. The Hall–Kier alpha value is -0.820. The first-order chi connectivity index (χ1) is 10.3. The lowest BCUT2D eigenvalue weighted by atomic mass is 9.62. The van der Waals surface area contributed by atoms with Gasteiger partial charge in [0.2, 0.25) is 0 Å². The Balaban J connectivity index is 2.51. The summed E-state index contributed by atoms with van der Waals surface area (Å²) >= 11 is 0. The molecule has 0 bridgehead atoms. The van der Waals surface area contributed by atoms with E-state index in [0.29, 0.717) is 0 Å². The van der Waals surface area contributed by atoms with E-state index in [-0.39, 0.29) is 35.0 Å². The van der Waals surface area contributed by atoms with E-state index in [4.69, 9.17) is 4.74 Å². The number of hydrogen-bond acceptors (Lipinski definition) is 5. The molecule has 1 saturated carbocycles. The zero-order chi connectivity index (χ0) is 18.1. The van der Waals surface area contributed by atoms with Gasteiger partial charge < -0.3 is 15.4 Å². The van der Waals surface area contributed by atoms with E-state index < -0.39 is 21.5 Å². The van der Waals surface area contributed by atoms with Gasteiger partial charge in [-0.25, -0.2) is 13.2 Å². The van der Waals surface area contributed by atoms with Crippen LogP contribution < -0.4 is 10.6 Å². The highest BCUT2D eigenvalue weighted by molar-refractivity contribution is 7.91. The maximum absolute atomic E-state index is 11.9. The molecule has 1 aliphatic carbocycles. The second-order valence-corrected chi connectivity index (χ2v) is 10.5. The Morgan fingerprint density at radius 2 is 1.87 bits per heavy atom. The summed E-state index contributed by atoms with van der Waals surface area (Å²) < 4.78 is 28.7. The van der Waals surface area contributed by atoms with E-state index in [1.54, 1.807) is 6.92 Å². The van der Waals surface area contributed by atoms with Crippen LogP contribution in [-0.2, 0) is 14.6 Å². The molecule has 3 atom stereocenters. The third-order valence-corrected chi connectivity index (χ3v) is 6.28. The third-order valence-electron chi connectivity index (χ3n) is 4.39. The van der Waals surface area contributed by atoms with Gasteiger partial charge in [-0.15, -0.1) is 0 Å². The molecule has 1 aliphatic rings. The Morgan fingerprint density at radius 3 is 2.30 bits per heavy atom. The van der Waals surface area contributed by atoms with Crippen molar-refractivity contribution in [3.8, 4) is 0 Å². The minimum atomic E-state index is -2.99. The SMILES string of the molecule is CCS(=O)(=O)CC(C)NC1CC(NC(=O)OC(C)(C)C)C1(C)C. The fourth-order valence-corrected chi connectivity index (χ4v) is 3.89. The van der Waals surface area contributed by atoms with E-state index in [0.717, 1.165) is 6.42 Å². The first kappa shape index (κ1) is 20.2. The highest BCUT2D eigenvalue weighted by Gasteiger charge is 2.49. The largest absolute Gasteiger partial charge is 0.444 e. The van der Waals surface area contributed by atoms with Gasteiger partial charge in [-0.3, -0.25) is 0 Å². The maximum Gasteiger partial charge on any atom is 0.407 e. The van der Waals surface area contributed by atoms with Gasteiger partial charge in [-0.05, 0) is 34.1 Å². The van der Waals surface area contributed by atoms with Crippen molar-refractivity contribution in [2.45, 2.75) is 78.6 Å². The molecular weight excluding hydrogens is 316 g/mol. The van der Waals surface area contributed by atoms with Crippen LogP contribution in [0.2, 0.25) is 0 Å². The van der Waals surface area contributed by atoms with Crippen LogP contribution in [0.5, 0.6) is 0 Å². The molecule has 2 N–H and O–H groups in total. The van der Waals surface area contributed by atoms with Gasteiger partial charge in [0, 0.05) is 29.3 Å². The minimum absolute atomic E-state index is 0.0184. The van der Waals surface area contributed by atoms with Crippen molar-refractivity contribution < 1.29 is 17.9 Å². The normalized spacial score (nSPS) is 25.3. The number of ether oxygens (including phenoxy) is 1. The number of carbonyl (C=O) groups excluding carboxylic acids is 1. The molecule has 3 unspecified atom stereocenters. The topological polar surface area (TPSA) is 84.5 Å². The standard InChI is InChI=1S/C16H32N2O4S/c1-8-23(20,21)10-11(2)17-12-9-13(16(12,6)7)18-14(19)22-15(3,4)5/h11-13,17H,8-10H2,1-7H3,(H,18,19). The number of nitrogens with one attached hydrogen (secondary N) is 2. The molecule has 23 heavy (non-hydrogen) atoms. The fraction of sp³-hybridized carbons (Fsp3) is 0.938. The van der Waals surface area contributed by atoms with E-state index in [1.807, 2.05) is 27.7 Å². The molecule has 0 saturated heterocycles. The number of rotatable bonds is 6. The second kappa shape index (κ2) is 6.97. The van der Waals surface area contributed by atoms with E-state index >= 15 is 0 Å². The average Bonchev–Trinajstić information content (AvgIpc) is 2.34. The molecular formula is C16H32N2O4S. The Morgan fingerprint density at radius 1 is 1.30 bits per heavy atom. The summed E-state index contributed by atoms with van der Waals surface area (Å²) in [5, 5.41) is 6.28. The van der Waals surface area contributed by atoms with Crippen LogP contribution in [0, 0.1) is 5.41 Å². The fourth-order valence-electron chi connectivity index (χ4n) is 2.79. The molecule has 0 heterocycles. The van der Waals surface area contributed by atoms with Crippen molar-refractivity contribution in [3.63, 3.8) is 0 Å². The Labute approximate surface area is 140 Å². The number of alkyl carbamates (subject to hydrolysis) is 1. The summed E-state index contributed by atoms with van der Waals surface area (Å²) in [4.78, 5) is 11.9. The quantitative estimate of drug-likeness (QED) is 0.768. The Bertz CT molecular complexity index is 523. The molecule has 1 rings (SSSR count). The summed E-state index contributed by atoms with van der Waals surface area (Å²) in [6.45, 7) is 13.2. The lowest BCUT2D eigenvalue weighted by molar-refractivity contribution is 0.0147. The number of hydrogen-bond donors (Lipinski definition) is 2. The van der Waals surface area contributed by atoms with Crippen molar-refractivity contribution in [2.75, 3.05) is 11.5 Å². The predicted octanol–water partition coefficient (Wildman–Crippen LogP) is 2.09. The molecule has 0 aliphatic heterocycles. The van der Waals surface area contributed by atoms with Gasteiger partial charge in [0.05, 0.1) is 5.75 Å². The molecule has 0 radical (unpaired) electrons. The highest BCUT2D eigenvalue weighted by atomic mass is 32.2. The highest BCUT2D eigenvalue weighted by Crippen LogP contribution is 2.41. The summed E-state index contributed by atoms with van der Waals surface area (Å²) in [6, 6.07) is 0.0843. The third kappa shape index (κ3) is 5.95. The molecule has 1 amide bonds. The van der Waals surface area contributed by atoms with Gasteiger partial charge in [0.25, 0.3) is 0 Å². The molecule has 0 spiro atoms. The summed E-state index contributed by atoms with van der Waals surface area (Å²) in [7, 11) is -2.99. The zero-order valence-corrected chi connectivity index (χ0v) is 16.2. The molecule has 0 aromatic rings. The molecule has 136 valence electrons. The van der Waals surface area contributed by atoms with Crippen molar-refractivity contribution >= 4 is 15.9 Å². The van der Waals surface area contributed by atoms with Crippen LogP contribution in [0.15, 0.2) is 0 Å². The lowest BCUT2D eigenvalue weighted by Gasteiger charge is -2.53. The first-order valence-corrected chi connectivity index (χ1v) is 10.0. The molecule has 0 aromatic heterocycles. The van der Waals surface area contributed by atoms with Gasteiger partial charge in [-0.2, -0.15) is 0 Å². The van der Waals surface area contributed by atoms with Gasteiger partial charge in [0.1, 0.15) is 5.60 Å². The maximum atomic E-state index is 11.9. The summed E-state index contributed by atoms with van der Waals surface area (Å²) in [5.41, 5.74) is -0.667. The number of carbonyl (C=O) groups is 1. The van der Waals surface area contributed by atoms with Gasteiger partial charge in [0.15, 0.2) is 9.84 Å². The van der Waals surface area contributed by atoms with Crippen LogP contribution in [0.4, 0.5) is 4.79 Å². The van der Waals surface area contributed by atoms with Crippen LogP contribution in [-0.4, -0.2) is 49.7 Å². The Kier molecular flexibility index (Phi) is 6.13. The minimum Gasteiger partial charge on any atom is -0.444 e. The lowest BCUT2D eigenvalue weighted by Crippen LogP contribution is -2.67. The first-order valence-electron chi connectivity index (χ1n) is 8.23. The number of sulfone groups is 1. The van der Waals surface area contributed by atoms with Crippen LogP contribution in [0.3, 0.4) is 0 Å². The second-order valence-electron chi connectivity index (χ2n) is 8.08. The van der Waals surface area contributed by atoms with Crippen molar-refractivity contribution in [1.82, 2.24) is 10.6 Å². The van der Waals surface area contributed by atoms with E-state index in [9.17, 15) is 13.2 Å². The monoisotopic (exact) mass is 348 g/mol. The average molecular weight is 349 g/mol. The smallest absolute Gasteiger partial charge is 0.407 e. The molecule has 0 aromatic carbocycles. The van der Waals surface area contributed by atoms with Crippen molar-refractivity contribution in [1.29, 1.82) is 0 Å². The number of amides is 1. The summed E-state index contributed by atoms with van der Waals surface area (Å²) in [5.74, 6) is 0.302. The van der Waals surface area contributed by atoms with Crippen molar-refractivity contribution in [2.24, 2.45) is 5.41 Å². The van der Waals surface area contributed by atoms with Gasteiger partial charge >= 0.3 is 6.09 Å².